The van der Waals surface area contributed by atoms with Gasteiger partial charge in [0.2, 0.25) is 0 Å². The fourth-order valence-corrected chi connectivity index (χ4v) is 1.97. The molecule has 4 heteroatoms. The predicted molar refractivity (Wildman–Crippen MR) is 79.2 cm³/mol. The lowest BCUT2D eigenvalue weighted by Gasteiger charge is -2.22. The van der Waals surface area contributed by atoms with Crippen molar-refractivity contribution in [1.82, 2.24) is 15.5 Å². The van der Waals surface area contributed by atoms with Crippen LogP contribution < -0.4 is 10.2 Å². The van der Waals surface area contributed by atoms with E-state index >= 15 is 0 Å². The van der Waals surface area contributed by atoms with Gasteiger partial charge >= 0.3 is 0 Å². The van der Waals surface area contributed by atoms with E-state index in [-0.39, 0.29) is 5.54 Å². The smallest absolute Gasteiger partial charge is 0.151 e. The van der Waals surface area contributed by atoms with Crippen LogP contribution in [0.4, 0.5) is 5.82 Å². The third-order valence-electron chi connectivity index (χ3n) is 3.39. The van der Waals surface area contributed by atoms with Gasteiger partial charge in [0.25, 0.3) is 0 Å². The van der Waals surface area contributed by atoms with E-state index in [9.17, 15) is 0 Å². The maximum atomic E-state index is 4.37. The fraction of sp³-hybridized carbons (Fsp3) is 0.733. The zero-order valence-corrected chi connectivity index (χ0v) is 12.6. The molecule has 1 heterocycles. The van der Waals surface area contributed by atoms with E-state index < -0.39 is 0 Å². The maximum Gasteiger partial charge on any atom is 0.151 e. The largest absolute Gasteiger partial charge is 0.355 e. The highest BCUT2D eigenvalue weighted by Gasteiger charge is 2.24. The molecule has 1 aliphatic carbocycles. The molecular formula is C15H26N4. The van der Waals surface area contributed by atoms with Gasteiger partial charge in [0.1, 0.15) is 0 Å². The summed E-state index contributed by atoms with van der Waals surface area (Å²) in [5, 5.41) is 12.1. The van der Waals surface area contributed by atoms with Crippen molar-refractivity contribution in [1.29, 1.82) is 0 Å². The standard InChI is InChI=1S/C15H26N4/c1-5-19(11-12-6-7-12)14-9-8-13(17-18-14)10-16-15(2,3)4/h8-9,12,16H,5-7,10-11H2,1-4H3. The second kappa shape index (κ2) is 5.87. The monoisotopic (exact) mass is 262 g/mol. The molecule has 1 N–H and O–H groups in total. The zero-order chi connectivity index (χ0) is 13.9. The molecular weight excluding hydrogens is 236 g/mol. The normalized spacial score (nSPS) is 15.6. The molecule has 0 bridgehead atoms. The molecule has 1 aromatic heterocycles. The van der Waals surface area contributed by atoms with E-state index in [1.54, 1.807) is 0 Å². The summed E-state index contributed by atoms with van der Waals surface area (Å²) in [5.41, 5.74) is 1.11. The number of aromatic nitrogens is 2. The van der Waals surface area contributed by atoms with Gasteiger partial charge in [-0.2, -0.15) is 5.10 Å². The van der Waals surface area contributed by atoms with Gasteiger partial charge in [-0.15, -0.1) is 5.10 Å². The van der Waals surface area contributed by atoms with Gasteiger partial charge in [-0.05, 0) is 58.6 Å². The van der Waals surface area contributed by atoms with Crippen molar-refractivity contribution in [2.75, 3.05) is 18.0 Å². The Morgan fingerprint density at radius 1 is 1.26 bits per heavy atom. The summed E-state index contributed by atoms with van der Waals surface area (Å²) in [6.45, 7) is 11.6. The highest BCUT2D eigenvalue weighted by Crippen LogP contribution is 2.30. The summed E-state index contributed by atoms with van der Waals surface area (Å²) in [6.07, 6.45) is 2.75. The van der Waals surface area contributed by atoms with Gasteiger partial charge < -0.3 is 10.2 Å². The third-order valence-corrected chi connectivity index (χ3v) is 3.39. The second-order valence-electron chi connectivity index (χ2n) is 6.47. The van der Waals surface area contributed by atoms with Crippen LogP contribution in [0.5, 0.6) is 0 Å². The molecule has 0 spiro atoms. The molecule has 1 aliphatic rings. The first-order valence-corrected chi connectivity index (χ1v) is 7.30. The summed E-state index contributed by atoms with van der Waals surface area (Å²) in [5.74, 6) is 1.89. The Morgan fingerprint density at radius 2 is 2.00 bits per heavy atom. The van der Waals surface area contributed by atoms with Crippen molar-refractivity contribution in [3.05, 3.63) is 17.8 Å². The van der Waals surface area contributed by atoms with Gasteiger partial charge in [-0.25, -0.2) is 0 Å². The first kappa shape index (κ1) is 14.3. The fourth-order valence-electron chi connectivity index (χ4n) is 1.97. The number of anilines is 1. The van der Waals surface area contributed by atoms with Crippen LogP contribution in [0.25, 0.3) is 0 Å². The molecule has 0 atom stereocenters. The number of rotatable bonds is 6. The molecule has 0 aromatic carbocycles. The zero-order valence-electron chi connectivity index (χ0n) is 12.6. The average molecular weight is 262 g/mol. The van der Waals surface area contributed by atoms with Crippen LogP contribution in [0, 0.1) is 5.92 Å². The molecule has 0 unspecified atom stereocenters. The molecule has 0 amide bonds. The first-order chi connectivity index (χ1) is 8.98. The van der Waals surface area contributed by atoms with Crippen molar-refractivity contribution in [3.63, 3.8) is 0 Å². The van der Waals surface area contributed by atoms with Crippen LogP contribution in [0.3, 0.4) is 0 Å². The SMILES string of the molecule is CCN(CC1CC1)c1ccc(CNC(C)(C)C)nn1. The Labute approximate surface area is 116 Å². The molecule has 2 rings (SSSR count). The molecule has 4 nitrogen and oxygen atoms in total. The molecule has 1 fully saturated rings. The Hall–Kier alpha value is -1.16. The molecule has 0 aliphatic heterocycles. The van der Waals surface area contributed by atoms with Gasteiger partial charge in [0.15, 0.2) is 5.82 Å². The Bertz CT molecular complexity index is 390. The lowest BCUT2D eigenvalue weighted by atomic mass is 10.1. The van der Waals surface area contributed by atoms with Crippen LogP contribution in [-0.4, -0.2) is 28.8 Å². The Balaban J connectivity index is 1.92. The minimum Gasteiger partial charge on any atom is -0.355 e. The van der Waals surface area contributed by atoms with E-state index in [0.29, 0.717) is 0 Å². The van der Waals surface area contributed by atoms with E-state index in [4.69, 9.17) is 0 Å². The van der Waals surface area contributed by atoms with Crippen molar-refractivity contribution in [2.45, 2.75) is 52.6 Å². The highest BCUT2D eigenvalue weighted by atomic mass is 15.3. The number of hydrogen-bond acceptors (Lipinski definition) is 4. The molecule has 0 radical (unpaired) electrons. The minimum absolute atomic E-state index is 0.113. The van der Waals surface area contributed by atoms with Gasteiger partial charge in [-0.1, -0.05) is 0 Å². The Morgan fingerprint density at radius 3 is 2.47 bits per heavy atom. The summed E-state index contributed by atoms with van der Waals surface area (Å²) in [7, 11) is 0. The molecule has 1 aromatic rings. The quantitative estimate of drug-likeness (QED) is 0.855. The van der Waals surface area contributed by atoms with E-state index in [1.807, 2.05) is 0 Å². The van der Waals surface area contributed by atoms with Gasteiger partial charge in [0.05, 0.1) is 5.69 Å². The summed E-state index contributed by atoms with van der Waals surface area (Å²) >= 11 is 0. The molecule has 0 saturated heterocycles. The van der Waals surface area contributed by atoms with Crippen LogP contribution >= 0.6 is 0 Å². The topological polar surface area (TPSA) is 41.0 Å². The molecule has 106 valence electrons. The predicted octanol–water partition coefficient (Wildman–Crippen LogP) is 2.60. The van der Waals surface area contributed by atoms with Crippen LogP contribution in [0.2, 0.25) is 0 Å². The molecule has 1 saturated carbocycles. The van der Waals surface area contributed by atoms with Gasteiger partial charge in [0, 0.05) is 25.2 Å². The highest BCUT2D eigenvalue weighted by molar-refractivity contribution is 5.37. The first-order valence-electron chi connectivity index (χ1n) is 7.30. The van der Waals surface area contributed by atoms with Crippen molar-refractivity contribution >= 4 is 5.82 Å². The maximum absolute atomic E-state index is 4.37. The summed E-state index contributed by atoms with van der Waals surface area (Å²) in [4.78, 5) is 2.33. The van der Waals surface area contributed by atoms with Crippen molar-refractivity contribution in [3.8, 4) is 0 Å². The van der Waals surface area contributed by atoms with E-state index in [1.165, 1.54) is 12.8 Å². The van der Waals surface area contributed by atoms with Crippen molar-refractivity contribution < 1.29 is 0 Å². The van der Waals surface area contributed by atoms with Gasteiger partial charge in [-0.3, -0.25) is 0 Å². The summed E-state index contributed by atoms with van der Waals surface area (Å²) < 4.78 is 0. The van der Waals surface area contributed by atoms with E-state index in [2.05, 4.69) is 60.2 Å². The minimum atomic E-state index is 0.113. The summed E-state index contributed by atoms with van der Waals surface area (Å²) in [6, 6.07) is 4.18. The number of nitrogens with zero attached hydrogens (tertiary/aromatic N) is 3. The second-order valence-corrected chi connectivity index (χ2v) is 6.47. The van der Waals surface area contributed by atoms with E-state index in [0.717, 1.165) is 37.1 Å². The van der Waals surface area contributed by atoms with Crippen LogP contribution in [0.15, 0.2) is 12.1 Å². The lowest BCUT2D eigenvalue weighted by Crippen LogP contribution is -2.35. The lowest BCUT2D eigenvalue weighted by molar-refractivity contribution is 0.420. The number of hydrogen-bond donors (Lipinski definition) is 1. The molecule has 19 heavy (non-hydrogen) atoms. The Kier molecular flexibility index (Phi) is 4.40. The van der Waals surface area contributed by atoms with Crippen LogP contribution in [-0.2, 0) is 6.54 Å². The number of nitrogens with one attached hydrogen (secondary N) is 1. The average Bonchev–Trinajstić information content (AvgIpc) is 3.17. The third kappa shape index (κ3) is 4.78. The van der Waals surface area contributed by atoms with Crippen molar-refractivity contribution in [2.24, 2.45) is 5.92 Å². The van der Waals surface area contributed by atoms with Crippen LogP contribution in [0.1, 0.15) is 46.2 Å².